The molecule has 6 rings (SSSR count). The standard InChI is InChI=1S/C28H32N6O2S/c1-19-4-3-5-21(16-19)22-8-11-34(31-22)25-18-24(33-12-14-36-15-13-33)27-23(29-25)17-26(37-27)30-28(35)20-6-9-32(2)10-7-20/h3-5,8,11,16-18,20H,6-7,9-10,12-15H2,1-2H3,(H,30,35). The van der Waals surface area contributed by atoms with E-state index < -0.39 is 0 Å². The van der Waals surface area contributed by atoms with Crippen LogP contribution in [-0.2, 0) is 9.53 Å². The van der Waals surface area contributed by atoms with Crippen LogP contribution in [0.5, 0.6) is 0 Å². The molecule has 2 saturated heterocycles. The lowest BCUT2D eigenvalue weighted by Gasteiger charge is -2.29. The maximum absolute atomic E-state index is 13.0. The number of likely N-dealkylation sites (tertiary alicyclic amines) is 1. The van der Waals surface area contributed by atoms with Gasteiger partial charge in [0.05, 0.1) is 39.8 Å². The minimum Gasteiger partial charge on any atom is -0.378 e. The van der Waals surface area contributed by atoms with Crippen molar-refractivity contribution in [2.24, 2.45) is 5.92 Å². The monoisotopic (exact) mass is 516 g/mol. The van der Waals surface area contributed by atoms with Gasteiger partial charge in [0.25, 0.3) is 0 Å². The van der Waals surface area contributed by atoms with Gasteiger partial charge in [-0.25, -0.2) is 9.67 Å². The van der Waals surface area contributed by atoms with Gasteiger partial charge in [-0.15, -0.1) is 11.3 Å². The Hall–Kier alpha value is -3.27. The SMILES string of the molecule is Cc1cccc(-c2ccn(-c3cc(N4CCOCC4)c4sc(NC(=O)C5CCN(C)CC5)cc4n3)n2)c1. The molecular formula is C28H32N6O2S. The second kappa shape index (κ2) is 10.2. The van der Waals surface area contributed by atoms with E-state index in [4.69, 9.17) is 14.8 Å². The molecule has 2 aliphatic heterocycles. The van der Waals surface area contributed by atoms with E-state index in [9.17, 15) is 4.79 Å². The second-order valence-electron chi connectivity index (χ2n) is 10.0. The summed E-state index contributed by atoms with van der Waals surface area (Å²) in [5.74, 6) is 0.939. The Morgan fingerprint density at radius 3 is 2.68 bits per heavy atom. The molecule has 2 fully saturated rings. The van der Waals surface area contributed by atoms with Crippen molar-refractivity contribution >= 4 is 38.1 Å². The quantitative estimate of drug-likeness (QED) is 0.419. The van der Waals surface area contributed by atoms with Gasteiger partial charge >= 0.3 is 0 Å². The third-order valence-corrected chi connectivity index (χ3v) is 8.33. The van der Waals surface area contributed by atoms with Gasteiger partial charge < -0.3 is 19.9 Å². The smallest absolute Gasteiger partial charge is 0.228 e. The number of rotatable bonds is 5. The number of fused-ring (bicyclic) bond motifs is 1. The molecule has 37 heavy (non-hydrogen) atoms. The van der Waals surface area contributed by atoms with Crippen LogP contribution in [0.2, 0.25) is 0 Å². The van der Waals surface area contributed by atoms with Crippen LogP contribution in [0.4, 0.5) is 10.7 Å². The van der Waals surface area contributed by atoms with Gasteiger partial charge in [-0.3, -0.25) is 4.79 Å². The number of morpholine rings is 1. The number of pyridine rings is 1. The molecule has 0 spiro atoms. The summed E-state index contributed by atoms with van der Waals surface area (Å²) in [4.78, 5) is 22.6. The Balaban J connectivity index is 1.34. The number of nitrogens with one attached hydrogen (secondary N) is 1. The Labute approximate surface area is 220 Å². The minimum atomic E-state index is 0.0627. The number of hydrogen-bond acceptors (Lipinski definition) is 7. The number of benzene rings is 1. The normalized spacial score (nSPS) is 17.4. The summed E-state index contributed by atoms with van der Waals surface area (Å²) in [5.41, 5.74) is 5.18. The van der Waals surface area contributed by atoms with E-state index in [0.29, 0.717) is 13.2 Å². The molecule has 5 heterocycles. The van der Waals surface area contributed by atoms with E-state index in [2.05, 4.69) is 59.4 Å². The van der Waals surface area contributed by atoms with Crippen LogP contribution in [0.15, 0.2) is 48.7 Å². The van der Waals surface area contributed by atoms with Gasteiger partial charge in [-0.05, 0) is 58.1 Å². The lowest BCUT2D eigenvalue weighted by molar-refractivity contribution is -0.121. The molecule has 8 nitrogen and oxygen atoms in total. The van der Waals surface area contributed by atoms with Crippen LogP contribution >= 0.6 is 11.3 Å². The van der Waals surface area contributed by atoms with Crippen LogP contribution in [0.25, 0.3) is 27.3 Å². The molecule has 1 N–H and O–H groups in total. The Morgan fingerprint density at radius 1 is 1.08 bits per heavy atom. The highest BCUT2D eigenvalue weighted by molar-refractivity contribution is 7.23. The predicted octanol–water partition coefficient (Wildman–Crippen LogP) is 4.57. The zero-order chi connectivity index (χ0) is 25.4. The number of amides is 1. The molecular weight excluding hydrogens is 484 g/mol. The summed E-state index contributed by atoms with van der Waals surface area (Å²) in [6.07, 6.45) is 3.76. The summed E-state index contributed by atoms with van der Waals surface area (Å²) < 4.78 is 8.53. The molecule has 0 unspecified atom stereocenters. The topological polar surface area (TPSA) is 75.5 Å². The maximum atomic E-state index is 13.0. The first kappa shape index (κ1) is 24.1. The molecule has 0 saturated carbocycles. The van der Waals surface area contributed by atoms with Gasteiger partial charge in [0.2, 0.25) is 5.91 Å². The van der Waals surface area contributed by atoms with Crippen molar-refractivity contribution in [3.8, 4) is 17.1 Å². The van der Waals surface area contributed by atoms with E-state index in [1.165, 1.54) is 5.56 Å². The van der Waals surface area contributed by atoms with Gasteiger partial charge in [-0.1, -0.05) is 23.8 Å². The average Bonchev–Trinajstić information content (AvgIpc) is 3.56. The third kappa shape index (κ3) is 5.12. The summed E-state index contributed by atoms with van der Waals surface area (Å²) in [6.45, 7) is 7.05. The number of aryl methyl sites for hydroxylation is 1. The van der Waals surface area contributed by atoms with Crippen LogP contribution < -0.4 is 10.2 Å². The average molecular weight is 517 g/mol. The van der Waals surface area contributed by atoms with Crippen LogP contribution in [0, 0.1) is 12.8 Å². The number of aromatic nitrogens is 3. The molecule has 9 heteroatoms. The molecule has 0 atom stereocenters. The van der Waals surface area contributed by atoms with Crippen molar-refractivity contribution in [2.45, 2.75) is 19.8 Å². The van der Waals surface area contributed by atoms with E-state index >= 15 is 0 Å². The van der Waals surface area contributed by atoms with Gasteiger partial charge in [-0.2, -0.15) is 5.10 Å². The molecule has 2 aliphatic rings. The van der Waals surface area contributed by atoms with E-state index in [1.807, 2.05) is 23.0 Å². The number of piperidine rings is 1. The Kier molecular flexibility index (Phi) is 6.67. The van der Waals surface area contributed by atoms with Crippen molar-refractivity contribution < 1.29 is 9.53 Å². The van der Waals surface area contributed by atoms with Gasteiger partial charge in [0.15, 0.2) is 5.82 Å². The first-order chi connectivity index (χ1) is 18.0. The molecule has 0 bridgehead atoms. The van der Waals surface area contributed by atoms with E-state index in [0.717, 1.165) is 77.0 Å². The van der Waals surface area contributed by atoms with Crippen molar-refractivity contribution in [2.75, 3.05) is 56.7 Å². The van der Waals surface area contributed by atoms with Crippen LogP contribution in [0.3, 0.4) is 0 Å². The van der Waals surface area contributed by atoms with Gasteiger partial charge in [0, 0.05) is 36.8 Å². The first-order valence-electron chi connectivity index (χ1n) is 12.9. The second-order valence-corrected chi connectivity index (χ2v) is 11.1. The van der Waals surface area contributed by atoms with Crippen LogP contribution in [0.1, 0.15) is 18.4 Å². The molecule has 0 radical (unpaired) electrons. The van der Waals surface area contributed by atoms with Gasteiger partial charge in [0.1, 0.15) is 0 Å². The van der Waals surface area contributed by atoms with Crippen molar-refractivity contribution in [3.63, 3.8) is 0 Å². The lowest BCUT2D eigenvalue weighted by Crippen LogP contribution is -2.36. The Bertz CT molecular complexity index is 1420. The first-order valence-corrected chi connectivity index (χ1v) is 13.7. The highest BCUT2D eigenvalue weighted by atomic mass is 32.1. The fraction of sp³-hybridized carbons (Fsp3) is 0.393. The summed E-state index contributed by atoms with van der Waals surface area (Å²) in [7, 11) is 2.11. The lowest BCUT2D eigenvalue weighted by atomic mass is 9.96. The number of thiophene rings is 1. The predicted molar refractivity (Wildman–Crippen MR) is 149 cm³/mol. The summed E-state index contributed by atoms with van der Waals surface area (Å²) in [5, 5.41) is 8.89. The van der Waals surface area contributed by atoms with E-state index in [-0.39, 0.29) is 11.8 Å². The number of ether oxygens (including phenoxy) is 1. The summed E-state index contributed by atoms with van der Waals surface area (Å²) in [6, 6.07) is 14.5. The fourth-order valence-electron chi connectivity index (χ4n) is 5.11. The molecule has 1 aromatic carbocycles. The summed E-state index contributed by atoms with van der Waals surface area (Å²) >= 11 is 1.60. The zero-order valence-electron chi connectivity index (χ0n) is 21.3. The fourth-order valence-corrected chi connectivity index (χ4v) is 6.16. The molecule has 192 valence electrons. The van der Waals surface area contributed by atoms with Crippen molar-refractivity contribution in [1.82, 2.24) is 19.7 Å². The van der Waals surface area contributed by atoms with E-state index in [1.54, 1.807) is 11.3 Å². The molecule has 1 amide bonds. The minimum absolute atomic E-state index is 0.0627. The number of anilines is 2. The van der Waals surface area contributed by atoms with Crippen molar-refractivity contribution in [3.05, 3.63) is 54.2 Å². The Morgan fingerprint density at radius 2 is 1.89 bits per heavy atom. The molecule has 3 aromatic heterocycles. The maximum Gasteiger partial charge on any atom is 0.228 e. The largest absolute Gasteiger partial charge is 0.378 e. The number of hydrogen-bond donors (Lipinski definition) is 1. The third-order valence-electron chi connectivity index (χ3n) is 7.27. The highest BCUT2D eigenvalue weighted by Gasteiger charge is 2.25. The van der Waals surface area contributed by atoms with Crippen molar-refractivity contribution in [1.29, 1.82) is 0 Å². The molecule has 4 aromatic rings. The zero-order valence-corrected chi connectivity index (χ0v) is 22.1. The van der Waals surface area contributed by atoms with Crippen LogP contribution in [-0.4, -0.2) is 72.0 Å². The highest BCUT2D eigenvalue weighted by Crippen LogP contribution is 2.38. The number of nitrogens with zero attached hydrogens (tertiary/aromatic N) is 5. The number of carbonyl (C=O) groups is 1. The molecule has 0 aliphatic carbocycles. The number of carbonyl (C=O) groups excluding carboxylic acids is 1.